The van der Waals surface area contributed by atoms with Gasteiger partial charge in [-0.25, -0.2) is 8.78 Å². The lowest BCUT2D eigenvalue weighted by molar-refractivity contribution is 0.190. The Labute approximate surface area is 117 Å². The second kappa shape index (κ2) is 5.67. The Morgan fingerprint density at radius 1 is 1.16 bits per heavy atom. The molecule has 2 aromatic rings. The van der Waals surface area contributed by atoms with E-state index in [0.29, 0.717) is 10.2 Å². The second-order valence-electron chi connectivity index (χ2n) is 4.00. The van der Waals surface area contributed by atoms with Crippen LogP contribution in [0.1, 0.15) is 18.6 Å². The number of hydrogen-bond donors (Lipinski definition) is 1. The van der Waals surface area contributed by atoms with E-state index in [4.69, 9.17) is 4.74 Å². The molecule has 2 rings (SSSR count). The number of benzene rings is 2. The second-order valence-corrected chi connectivity index (χ2v) is 4.86. The van der Waals surface area contributed by atoms with E-state index in [-0.39, 0.29) is 11.3 Å². The molecule has 0 fully saturated rings. The molecule has 100 valence electrons. The van der Waals surface area contributed by atoms with Crippen molar-refractivity contribution in [3.63, 3.8) is 0 Å². The van der Waals surface area contributed by atoms with Crippen LogP contribution in [-0.2, 0) is 0 Å². The minimum Gasteiger partial charge on any atom is -0.456 e. The molecule has 2 nitrogen and oxygen atoms in total. The lowest BCUT2D eigenvalue weighted by atomic mass is 10.1. The van der Waals surface area contributed by atoms with E-state index in [9.17, 15) is 13.9 Å². The van der Waals surface area contributed by atoms with Gasteiger partial charge in [-0.15, -0.1) is 0 Å². The molecular weight excluding hydrogens is 318 g/mol. The van der Waals surface area contributed by atoms with Crippen LogP contribution in [0.2, 0.25) is 0 Å². The van der Waals surface area contributed by atoms with Gasteiger partial charge >= 0.3 is 0 Å². The lowest BCUT2D eigenvalue weighted by Gasteiger charge is -2.14. The van der Waals surface area contributed by atoms with Crippen LogP contribution in [0.25, 0.3) is 0 Å². The molecular formula is C14H11BrF2O2. The van der Waals surface area contributed by atoms with E-state index >= 15 is 0 Å². The molecule has 1 N–H and O–H groups in total. The quantitative estimate of drug-likeness (QED) is 0.894. The first-order chi connectivity index (χ1) is 8.99. The zero-order chi connectivity index (χ0) is 14.0. The molecule has 0 aliphatic heterocycles. The fourth-order valence-corrected chi connectivity index (χ4v) is 2.12. The van der Waals surface area contributed by atoms with Gasteiger partial charge in [-0.2, -0.15) is 0 Å². The highest BCUT2D eigenvalue weighted by atomic mass is 79.9. The summed E-state index contributed by atoms with van der Waals surface area (Å²) in [5, 5.41) is 9.59. The van der Waals surface area contributed by atoms with Crippen molar-refractivity contribution in [1.29, 1.82) is 0 Å². The minimum absolute atomic E-state index is 0.0683. The van der Waals surface area contributed by atoms with Crippen molar-refractivity contribution in [2.45, 2.75) is 13.0 Å². The number of rotatable bonds is 3. The molecule has 5 heteroatoms. The van der Waals surface area contributed by atoms with E-state index in [1.807, 2.05) is 0 Å². The lowest BCUT2D eigenvalue weighted by Crippen LogP contribution is -2.00. The maximum atomic E-state index is 13.7. The van der Waals surface area contributed by atoms with Crippen molar-refractivity contribution in [2.24, 2.45) is 0 Å². The Morgan fingerprint density at radius 2 is 1.89 bits per heavy atom. The molecule has 0 saturated heterocycles. The summed E-state index contributed by atoms with van der Waals surface area (Å²) in [5.74, 6) is -0.420. The predicted molar refractivity (Wildman–Crippen MR) is 71.2 cm³/mol. The fourth-order valence-electron chi connectivity index (χ4n) is 1.69. The Morgan fingerprint density at radius 3 is 2.53 bits per heavy atom. The molecule has 2 aromatic carbocycles. The first-order valence-corrected chi connectivity index (χ1v) is 6.37. The van der Waals surface area contributed by atoms with Gasteiger partial charge in [0.05, 0.1) is 16.1 Å². The molecule has 0 aliphatic rings. The number of aliphatic hydroxyl groups is 1. The van der Waals surface area contributed by atoms with Gasteiger partial charge < -0.3 is 9.84 Å². The van der Waals surface area contributed by atoms with Gasteiger partial charge in [0.2, 0.25) is 0 Å². The highest BCUT2D eigenvalue weighted by Crippen LogP contribution is 2.35. The van der Waals surface area contributed by atoms with Crippen LogP contribution < -0.4 is 4.74 Å². The highest BCUT2D eigenvalue weighted by molar-refractivity contribution is 9.10. The van der Waals surface area contributed by atoms with Gasteiger partial charge in [-0.3, -0.25) is 0 Å². The topological polar surface area (TPSA) is 29.5 Å². The molecule has 0 unspecified atom stereocenters. The maximum Gasteiger partial charge on any atom is 0.141 e. The smallest absolute Gasteiger partial charge is 0.141 e. The number of halogens is 3. The minimum atomic E-state index is -1.00. The van der Waals surface area contributed by atoms with Crippen LogP contribution >= 0.6 is 15.9 Å². The molecule has 0 bridgehead atoms. The van der Waals surface area contributed by atoms with Crippen molar-refractivity contribution in [1.82, 2.24) is 0 Å². The zero-order valence-electron chi connectivity index (χ0n) is 10.0. The maximum absolute atomic E-state index is 13.7. The van der Waals surface area contributed by atoms with Crippen LogP contribution in [0.3, 0.4) is 0 Å². The number of aliphatic hydroxyl groups excluding tert-OH is 1. The summed E-state index contributed by atoms with van der Waals surface area (Å²) in [6.45, 7) is 1.45. The van der Waals surface area contributed by atoms with E-state index in [1.54, 1.807) is 6.07 Å². The summed E-state index contributed by atoms with van der Waals surface area (Å²) >= 11 is 3.16. The third-order valence-electron chi connectivity index (χ3n) is 2.54. The summed E-state index contributed by atoms with van der Waals surface area (Å²) in [4.78, 5) is 0. The molecule has 1 atom stereocenters. The molecule has 0 spiro atoms. The fraction of sp³-hybridized carbons (Fsp3) is 0.143. The van der Waals surface area contributed by atoms with Crippen molar-refractivity contribution < 1.29 is 18.6 Å². The average molecular weight is 329 g/mol. The molecule has 0 heterocycles. The molecule has 0 aromatic heterocycles. The Hall–Kier alpha value is -1.46. The Kier molecular flexibility index (Phi) is 4.17. The van der Waals surface area contributed by atoms with Crippen LogP contribution in [0.15, 0.2) is 40.9 Å². The molecule has 0 saturated carbocycles. The average Bonchev–Trinajstić information content (AvgIpc) is 2.32. The van der Waals surface area contributed by atoms with Gasteiger partial charge in [0.1, 0.15) is 23.1 Å². The molecule has 19 heavy (non-hydrogen) atoms. The van der Waals surface area contributed by atoms with Gasteiger partial charge in [-0.05, 0) is 53.2 Å². The van der Waals surface area contributed by atoms with E-state index < -0.39 is 17.7 Å². The van der Waals surface area contributed by atoms with E-state index in [2.05, 4.69) is 15.9 Å². The molecule has 0 radical (unpaired) electrons. The van der Waals surface area contributed by atoms with Crippen LogP contribution in [-0.4, -0.2) is 5.11 Å². The largest absolute Gasteiger partial charge is 0.456 e. The monoisotopic (exact) mass is 328 g/mol. The van der Waals surface area contributed by atoms with Gasteiger partial charge in [0.15, 0.2) is 0 Å². The summed E-state index contributed by atoms with van der Waals surface area (Å²) in [7, 11) is 0. The van der Waals surface area contributed by atoms with Crippen LogP contribution in [0.5, 0.6) is 11.5 Å². The molecule has 0 amide bonds. The predicted octanol–water partition coefficient (Wildman–Crippen LogP) is 4.57. The first-order valence-electron chi connectivity index (χ1n) is 5.58. The van der Waals surface area contributed by atoms with Crippen molar-refractivity contribution >= 4 is 15.9 Å². The third kappa shape index (κ3) is 3.11. The van der Waals surface area contributed by atoms with E-state index in [1.165, 1.54) is 37.3 Å². The standard InChI is InChI=1S/C14H11BrF2O2/c1-8(18)14-11(17)3-2-4-13(14)19-12-6-5-9(16)7-10(12)15/h2-8,18H,1H3/t8-/m1/s1. The molecule has 0 aliphatic carbocycles. The first kappa shape index (κ1) is 14.0. The zero-order valence-corrected chi connectivity index (χ0v) is 11.6. The summed E-state index contributed by atoms with van der Waals surface area (Å²) in [5.41, 5.74) is 0.0683. The normalized spacial score (nSPS) is 12.3. The summed E-state index contributed by atoms with van der Waals surface area (Å²) < 4.78 is 32.6. The number of ether oxygens (including phenoxy) is 1. The van der Waals surface area contributed by atoms with Gasteiger partial charge in [0.25, 0.3) is 0 Å². The van der Waals surface area contributed by atoms with Gasteiger partial charge in [0, 0.05) is 0 Å². The van der Waals surface area contributed by atoms with Crippen molar-refractivity contribution in [3.8, 4) is 11.5 Å². The Bertz CT molecular complexity index is 600. The Balaban J connectivity index is 2.41. The van der Waals surface area contributed by atoms with Crippen LogP contribution in [0, 0.1) is 11.6 Å². The van der Waals surface area contributed by atoms with Gasteiger partial charge in [-0.1, -0.05) is 6.07 Å². The van der Waals surface area contributed by atoms with Crippen molar-refractivity contribution in [2.75, 3.05) is 0 Å². The summed E-state index contributed by atoms with van der Waals surface area (Å²) in [6.07, 6.45) is -1.00. The van der Waals surface area contributed by atoms with E-state index in [0.717, 1.165) is 0 Å². The summed E-state index contributed by atoms with van der Waals surface area (Å²) in [6, 6.07) is 8.18. The van der Waals surface area contributed by atoms with Crippen LogP contribution in [0.4, 0.5) is 8.78 Å². The highest BCUT2D eigenvalue weighted by Gasteiger charge is 2.16. The SMILES string of the molecule is C[C@@H](O)c1c(F)cccc1Oc1ccc(F)cc1Br. The van der Waals surface area contributed by atoms with Crippen molar-refractivity contribution in [3.05, 3.63) is 58.1 Å². The number of hydrogen-bond acceptors (Lipinski definition) is 2. The third-order valence-corrected chi connectivity index (χ3v) is 3.16.